The molecule has 624 valence electrons. The first-order chi connectivity index (χ1) is 51.0. The van der Waals surface area contributed by atoms with E-state index in [9.17, 15) is 37.5 Å². The van der Waals surface area contributed by atoms with Gasteiger partial charge in [-0.1, -0.05) is 133 Å². The number of carbonyl (C=O) groups is 12. The second-order valence-corrected chi connectivity index (χ2v) is 34.1. The molecule has 2 saturated carbocycles. The van der Waals surface area contributed by atoms with E-state index in [0.29, 0.717) is 45.2 Å². The normalized spacial score (nSPS) is 26.9. The summed E-state index contributed by atoms with van der Waals surface area (Å²) < 4.78 is 47.9. The van der Waals surface area contributed by atoms with Crippen LogP contribution in [0.4, 0.5) is 13.2 Å². The highest BCUT2D eigenvalue weighted by molar-refractivity contribution is 5.99. The summed E-state index contributed by atoms with van der Waals surface area (Å²) in [6.07, 6.45) is 1.24. The average Bonchev–Trinajstić information content (AvgIpc) is 0.810. The molecule has 0 aromatic rings. The van der Waals surface area contributed by atoms with Crippen molar-refractivity contribution in [3.8, 4) is 0 Å². The quantitative estimate of drug-likeness (QED) is 0.0772. The van der Waals surface area contributed by atoms with Gasteiger partial charge in [0.1, 0.15) is 66.5 Å². The van der Waals surface area contributed by atoms with Gasteiger partial charge in [0.25, 0.3) is 0 Å². The number of hydrogen-bond acceptors (Lipinski definition) is 14. The minimum absolute atomic E-state index is 0.00114. The van der Waals surface area contributed by atoms with Gasteiger partial charge in [0, 0.05) is 75.4 Å². The minimum atomic E-state index is -5.00. The smallest absolute Gasteiger partial charge is 0.384 e. The van der Waals surface area contributed by atoms with Crippen LogP contribution < -0.4 is 21.3 Å². The number of piperidine rings is 1. The van der Waals surface area contributed by atoms with Gasteiger partial charge in [-0.25, -0.2) is 0 Å². The maximum atomic E-state index is 15.9. The average molecular weight is 1550 g/mol. The highest BCUT2D eigenvalue weighted by Crippen LogP contribution is 2.34. The second kappa shape index (κ2) is 44.6. The standard InChI is InChI=1S/C80H139F3N12O14/c1-20-53(9)68-78(108)94(19)63(45-52(7)8)76(106)91(16)60(43-50(3)4)70(100)85-57(75(105)95-41-29-24-30-42-95)48-67(98)88(13)40-32-39-66(97)89(14)59(21-2)69(99)84-56(37-31-38-65(96)80(81,82)83)73(103)93(18)64(47-55-35-27-23-28-36-55)77(107)92(17)62(46-54-33-25-22-26-34-54)71(101)86-58(49-109-79(10,11)12)74(104)90(15)61(44-51(5)6)72(102)87-68/h50-65,68,96H,20-49H2,1-19H3,(H,84,99)(H,85,100)(H,86,101)(H,87,102)/t53-,56-,57-,58-,59-,60-,61-,62-,63-,64-,65?,68-/m0/s1. The van der Waals surface area contributed by atoms with Crippen molar-refractivity contribution in [1.29, 1.82) is 0 Å². The molecule has 0 bridgehead atoms. The van der Waals surface area contributed by atoms with Crippen LogP contribution in [0, 0.1) is 35.5 Å². The number of alkyl halides is 3. The molecule has 4 aliphatic rings. The van der Waals surface area contributed by atoms with E-state index in [2.05, 4.69) is 21.3 Å². The van der Waals surface area contributed by atoms with E-state index in [0.717, 1.165) is 57.8 Å². The van der Waals surface area contributed by atoms with Crippen molar-refractivity contribution < 1.29 is 80.5 Å². The molecule has 109 heavy (non-hydrogen) atoms. The second-order valence-electron chi connectivity index (χ2n) is 34.1. The molecule has 0 radical (unpaired) electrons. The number of halogens is 3. The van der Waals surface area contributed by atoms with Gasteiger partial charge in [0.05, 0.1) is 18.6 Å². The van der Waals surface area contributed by atoms with Gasteiger partial charge in [-0.3, -0.25) is 57.5 Å². The van der Waals surface area contributed by atoms with Crippen LogP contribution >= 0.6 is 0 Å². The Hall–Kier alpha value is -6.65. The van der Waals surface area contributed by atoms with Crippen LogP contribution in [0.15, 0.2) is 0 Å². The molecule has 0 aromatic carbocycles. The van der Waals surface area contributed by atoms with Gasteiger partial charge in [-0.15, -0.1) is 0 Å². The summed E-state index contributed by atoms with van der Waals surface area (Å²) in [5, 5.41) is 21.7. The van der Waals surface area contributed by atoms with Crippen molar-refractivity contribution in [2.75, 3.05) is 75.6 Å². The van der Waals surface area contributed by atoms with Gasteiger partial charge in [-0.2, -0.15) is 13.2 Å². The molecule has 1 unspecified atom stereocenters. The van der Waals surface area contributed by atoms with E-state index < -0.39 is 187 Å². The highest BCUT2D eigenvalue weighted by Gasteiger charge is 2.46. The van der Waals surface area contributed by atoms with E-state index in [-0.39, 0.29) is 87.5 Å². The van der Waals surface area contributed by atoms with Crippen molar-refractivity contribution in [2.24, 2.45) is 35.5 Å². The van der Waals surface area contributed by atoms with Crippen molar-refractivity contribution in [3.05, 3.63) is 0 Å². The number of nitrogens with zero attached hydrogens (tertiary/aromatic N) is 8. The number of nitrogens with one attached hydrogen (secondary N) is 4. The predicted octanol–water partition coefficient (Wildman–Crippen LogP) is 7.99. The Morgan fingerprint density at radius 2 is 0.927 bits per heavy atom. The number of carbonyl (C=O) groups excluding carboxylic acids is 12. The molecule has 29 heteroatoms. The molecule has 4 rings (SSSR count). The molecule has 4 fully saturated rings. The largest absolute Gasteiger partial charge is 0.414 e. The fraction of sp³-hybridized carbons (Fsp3) is 0.850. The van der Waals surface area contributed by atoms with Crippen molar-refractivity contribution in [3.63, 3.8) is 0 Å². The number of likely N-dealkylation sites (tertiary alicyclic amines) is 1. The lowest BCUT2D eigenvalue weighted by Gasteiger charge is -2.39. The van der Waals surface area contributed by atoms with Crippen LogP contribution in [0.25, 0.3) is 0 Å². The maximum absolute atomic E-state index is 15.9. The summed E-state index contributed by atoms with van der Waals surface area (Å²) in [7, 11) is 10.1. The predicted molar refractivity (Wildman–Crippen MR) is 411 cm³/mol. The fourth-order valence-electron chi connectivity index (χ4n) is 15.6. The van der Waals surface area contributed by atoms with Gasteiger partial charge >= 0.3 is 6.18 Å². The molecular formula is C80H139F3N12O14. The summed E-state index contributed by atoms with van der Waals surface area (Å²) in [4.78, 5) is 192. The lowest BCUT2D eigenvalue weighted by molar-refractivity contribution is -0.205. The zero-order valence-electron chi connectivity index (χ0n) is 69.5. The SMILES string of the molecule is CC[C@H](C)[C@@H]1NC(=O)[C@H](CC(C)C)N(C)C(=O)[C@H](COC(C)(C)C)NC(=O)[C@H](CC2CCCCC2)N(C)C(=O)[C@H](CC2CCCCC2)N(C)C(=O)[C@H](CCCC(O)C(F)(F)F)NC(=O)[C@H](CC)N(C)C(=O)CCCN(C)C(=O)C[C@@H](C(=O)N2CCCCC2)NC(=O)[C@H](CC(C)C)N(C)C(=O)[C@H](CC(C)C)N(C)C1=O. The number of ether oxygens (including phenoxy) is 1. The van der Waals surface area contributed by atoms with E-state index in [1.165, 1.54) is 83.6 Å². The zero-order valence-corrected chi connectivity index (χ0v) is 69.5. The monoisotopic (exact) mass is 1550 g/mol. The topological polar surface area (TPSA) is 308 Å². The lowest BCUT2D eigenvalue weighted by Crippen LogP contribution is -2.62. The first-order valence-electron chi connectivity index (χ1n) is 40.7. The number of likely N-dealkylation sites (N-methyl/N-ethyl adjacent to an activating group) is 6. The molecular weight excluding hydrogens is 1410 g/mol. The Bertz CT molecular complexity index is 2990. The third-order valence-corrected chi connectivity index (χ3v) is 22.8. The van der Waals surface area contributed by atoms with Crippen LogP contribution in [0.5, 0.6) is 0 Å². The summed E-state index contributed by atoms with van der Waals surface area (Å²) in [5.74, 6) is -9.35. The van der Waals surface area contributed by atoms with Crippen LogP contribution in [-0.2, 0) is 62.3 Å². The third kappa shape index (κ3) is 29.1. The number of amides is 12. The van der Waals surface area contributed by atoms with E-state index >= 15 is 38.4 Å². The summed E-state index contributed by atoms with van der Waals surface area (Å²) >= 11 is 0. The maximum Gasteiger partial charge on any atom is 0.414 e. The van der Waals surface area contributed by atoms with Gasteiger partial charge in [0.2, 0.25) is 70.9 Å². The molecule has 12 amide bonds. The van der Waals surface area contributed by atoms with Gasteiger partial charge in [0.15, 0.2) is 0 Å². The van der Waals surface area contributed by atoms with Crippen molar-refractivity contribution in [1.82, 2.24) is 60.5 Å². The van der Waals surface area contributed by atoms with Crippen LogP contribution in [0.2, 0.25) is 0 Å². The molecule has 5 N–H and O–H groups in total. The fourth-order valence-corrected chi connectivity index (χ4v) is 15.6. The molecule has 2 heterocycles. The Labute approximate surface area is 648 Å². The highest BCUT2D eigenvalue weighted by atomic mass is 19.4. The molecule has 26 nitrogen and oxygen atoms in total. The molecule has 2 saturated heterocycles. The molecule has 2 aliphatic heterocycles. The number of hydrogen-bond donors (Lipinski definition) is 5. The first-order valence-corrected chi connectivity index (χ1v) is 40.7. The zero-order chi connectivity index (χ0) is 82.1. The van der Waals surface area contributed by atoms with Gasteiger partial charge < -0.3 is 70.3 Å². The summed E-state index contributed by atoms with van der Waals surface area (Å²) in [6.45, 7) is 22.1. The number of aliphatic hydroxyl groups is 1. The van der Waals surface area contributed by atoms with Gasteiger partial charge in [-0.05, 0) is 140 Å². The minimum Gasteiger partial charge on any atom is -0.384 e. The lowest BCUT2D eigenvalue weighted by atomic mass is 9.83. The van der Waals surface area contributed by atoms with Crippen LogP contribution in [0.3, 0.4) is 0 Å². The number of rotatable bonds is 20. The summed E-state index contributed by atoms with van der Waals surface area (Å²) in [5.41, 5.74) is -0.878. The van der Waals surface area contributed by atoms with E-state index in [1.807, 2.05) is 48.5 Å². The Kier molecular flexibility index (Phi) is 38.7. The Morgan fingerprint density at radius 3 is 1.43 bits per heavy atom. The molecule has 12 atom stereocenters. The van der Waals surface area contributed by atoms with Crippen molar-refractivity contribution in [2.45, 2.75) is 328 Å². The van der Waals surface area contributed by atoms with Crippen LogP contribution in [0.1, 0.15) is 250 Å². The van der Waals surface area contributed by atoms with E-state index in [1.54, 1.807) is 39.5 Å². The molecule has 0 aromatic heterocycles. The molecule has 0 spiro atoms. The van der Waals surface area contributed by atoms with E-state index in [4.69, 9.17) is 4.74 Å². The first kappa shape index (κ1) is 94.7. The Morgan fingerprint density at radius 1 is 0.495 bits per heavy atom. The number of aliphatic hydroxyl groups excluding tert-OH is 1. The summed E-state index contributed by atoms with van der Waals surface area (Å²) in [6, 6.07) is -13.3. The Balaban J connectivity index is 1.99. The van der Waals surface area contributed by atoms with Crippen LogP contribution in [-0.4, -0.2) is 269 Å². The third-order valence-electron chi connectivity index (χ3n) is 22.8. The van der Waals surface area contributed by atoms with Crippen molar-refractivity contribution >= 4 is 70.9 Å². The molecule has 2 aliphatic carbocycles.